The molecule has 0 spiro atoms. The highest BCUT2D eigenvalue weighted by atomic mass is 79.9. The predicted octanol–water partition coefficient (Wildman–Crippen LogP) is 5.18. The van der Waals surface area contributed by atoms with Crippen molar-refractivity contribution < 1.29 is 23.0 Å². The van der Waals surface area contributed by atoms with Gasteiger partial charge in [0.25, 0.3) is 5.56 Å². The number of nitrogens with zero attached hydrogens (tertiary/aromatic N) is 1. The van der Waals surface area contributed by atoms with Crippen molar-refractivity contribution >= 4 is 33.4 Å². The maximum absolute atomic E-state index is 13.9. The molecule has 0 unspecified atom stereocenters. The van der Waals surface area contributed by atoms with Crippen LogP contribution in [-0.4, -0.2) is 17.2 Å². The highest BCUT2D eigenvalue weighted by Gasteiger charge is 2.16. The Kier molecular flexibility index (Phi) is 8.79. The number of benzene rings is 1. The van der Waals surface area contributed by atoms with E-state index in [0.717, 1.165) is 17.7 Å². The Morgan fingerprint density at radius 1 is 1.24 bits per heavy atom. The molecule has 1 amide bonds. The number of thiophene rings is 1. The van der Waals surface area contributed by atoms with Crippen molar-refractivity contribution in [2.75, 3.05) is 6.54 Å². The third-order valence-corrected chi connectivity index (χ3v) is 6.08. The first kappa shape index (κ1) is 24.7. The summed E-state index contributed by atoms with van der Waals surface area (Å²) >= 11 is 4.79. The molecule has 0 aliphatic carbocycles. The van der Waals surface area contributed by atoms with Crippen molar-refractivity contribution in [3.8, 4) is 5.75 Å². The lowest BCUT2D eigenvalue weighted by Gasteiger charge is -2.16. The summed E-state index contributed by atoms with van der Waals surface area (Å²) < 4.78 is 39.4. The Hall–Kier alpha value is -2.98. The van der Waals surface area contributed by atoms with Gasteiger partial charge < -0.3 is 19.4 Å². The molecule has 1 aromatic carbocycles. The van der Waals surface area contributed by atoms with E-state index in [-0.39, 0.29) is 35.5 Å². The van der Waals surface area contributed by atoms with E-state index >= 15 is 0 Å². The van der Waals surface area contributed by atoms with Crippen LogP contribution in [0.25, 0.3) is 0 Å². The van der Waals surface area contributed by atoms with Crippen LogP contribution in [0.4, 0.5) is 13.6 Å². The van der Waals surface area contributed by atoms with Gasteiger partial charge in [-0.2, -0.15) is 11.3 Å². The number of aromatic nitrogens is 1. The minimum atomic E-state index is -0.756. The molecule has 3 rings (SSSR count). The van der Waals surface area contributed by atoms with Gasteiger partial charge in [-0.3, -0.25) is 4.79 Å². The van der Waals surface area contributed by atoms with Crippen LogP contribution in [0.1, 0.15) is 16.8 Å². The zero-order chi connectivity index (χ0) is 23.8. The molecule has 0 atom stereocenters. The normalized spacial score (nSPS) is 10.6. The Morgan fingerprint density at radius 2 is 2.06 bits per heavy atom. The van der Waals surface area contributed by atoms with Gasteiger partial charge in [0.15, 0.2) is 0 Å². The van der Waals surface area contributed by atoms with E-state index in [0.29, 0.717) is 18.7 Å². The maximum Gasteiger partial charge on any atom is 0.407 e. The lowest BCUT2D eigenvalue weighted by molar-refractivity contribution is 0.136. The summed E-state index contributed by atoms with van der Waals surface area (Å²) in [4.78, 5) is 24.9. The molecule has 0 aliphatic rings. The van der Waals surface area contributed by atoms with Gasteiger partial charge in [-0.1, -0.05) is 6.08 Å². The van der Waals surface area contributed by atoms with Crippen LogP contribution in [0.3, 0.4) is 0 Å². The lowest BCUT2D eigenvalue weighted by Crippen LogP contribution is -2.29. The number of halogens is 3. The second-order valence-corrected chi connectivity index (χ2v) is 8.50. The van der Waals surface area contributed by atoms with Crippen LogP contribution < -0.4 is 15.6 Å². The van der Waals surface area contributed by atoms with Crippen LogP contribution in [0.2, 0.25) is 0 Å². The minimum absolute atomic E-state index is 0.121. The highest BCUT2D eigenvalue weighted by molar-refractivity contribution is 9.10. The highest BCUT2D eigenvalue weighted by Crippen LogP contribution is 2.25. The number of alkyl carbamates (subject to hydrolysis) is 1. The van der Waals surface area contributed by atoms with E-state index in [1.54, 1.807) is 11.3 Å². The first-order valence-corrected chi connectivity index (χ1v) is 11.6. The molecule has 0 aliphatic heterocycles. The van der Waals surface area contributed by atoms with E-state index < -0.39 is 23.3 Å². The van der Waals surface area contributed by atoms with E-state index in [1.165, 1.54) is 22.8 Å². The molecule has 2 aromatic heterocycles. The number of amides is 1. The van der Waals surface area contributed by atoms with E-state index in [9.17, 15) is 18.4 Å². The second-order valence-electron chi connectivity index (χ2n) is 6.93. The summed E-state index contributed by atoms with van der Waals surface area (Å²) in [5.74, 6) is -1.31. The van der Waals surface area contributed by atoms with Crippen LogP contribution in [0.5, 0.6) is 5.75 Å². The second kappa shape index (κ2) is 11.8. The van der Waals surface area contributed by atoms with Gasteiger partial charge >= 0.3 is 6.09 Å². The molecule has 0 radical (unpaired) electrons. The third-order valence-electron chi connectivity index (χ3n) is 4.62. The number of hydrogen-bond donors (Lipinski definition) is 1. The largest absolute Gasteiger partial charge is 0.487 e. The predicted molar refractivity (Wildman–Crippen MR) is 125 cm³/mol. The molecular formula is C23H21BrF2N2O4S. The summed E-state index contributed by atoms with van der Waals surface area (Å²) in [6.45, 7) is 3.82. The number of allylic oxidation sites excluding steroid dienone is 1. The first-order valence-electron chi connectivity index (χ1n) is 9.90. The number of hydrogen-bond acceptors (Lipinski definition) is 5. The molecule has 174 valence electrons. The van der Waals surface area contributed by atoms with Crippen LogP contribution in [-0.2, 0) is 30.9 Å². The zero-order valence-corrected chi connectivity index (χ0v) is 19.9. The number of carbonyl (C=O) groups is 1. The average molecular weight is 539 g/mol. The quantitative estimate of drug-likeness (QED) is 0.361. The summed E-state index contributed by atoms with van der Waals surface area (Å²) in [5.41, 5.74) is 1.18. The SMILES string of the molecule is C=CCn1c(COC(=O)NCCc2ccsc2)cc(OCc2ccc(F)cc2F)c(Br)c1=O. The zero-order valence-electron chi connectivity index (χ0n) is 17.5. The summed E-state index contributed by atoms with van der Waals surface area (Å²) in [7, 11) is 0. The molecule has 3 aromatic rings. The molecule has 0 saturated heterocycles. The molecule has 6 nitrogen and oxygen atoms in total. The molecule has 2 heterocycles. The van der Waals surface area contributed by atoms with Gasteiger partial charge in [-0.15, -0.1) is 6.58 Å². The Bertz CT molecular complexity index is 1180. The fourth-order valence-electron chi connectivity index (χ4n) is 2.93. The van der Waals surface area contributed by atoms with Crippen LogP contribution in [0, 0.1) is 11.6 Å². The van der Waals surface area contributed by atoms with Crippen LogP contribution >= 0.6 is 27.3 Å². The molecular weight excluding hydrogens is 518 g/mol. The summed E-state index contributed by atoms with van der Waals surface area (Å²) in [6, 6.07) is 6.64. The van der Waals surface area contributed by atoms with Gasteiger partial charge in [0.05, 0.1) is 5.69 Å². The number of ether oxygens (including phenoxy) is 2. The van der Waals surface area contributed by atoms with Gasteiger partial charge in [0, 0.05) is 30.8 Å². The number of carbonyl (C=O) groups excluding carboxylic acids is 1. The van der Waals surface area contributed by atoms with Gasteiger partial charge in [-0.25, -0.2) is 13.6 Å². The number of rotatable bonds is 10. The van der Waals surface area contributed by atoms with Crippen molar-refractivity contribution in [3.63, 3.8) is 0 Å². The van der Waals surface area contributed by atoms with Crippen molar-refractivity contribution in [1.82, 2.24) is 9.88 Å². The Morgan fingerprint density at radius 3 is 2.76 bits per heavy atom. The van der Waals surface area contributed by atoms with Gasteiger partial charge in [-0.05, 0) is 56.9 Å². The minimum Gasteiger partial charge on any atom is -0.487 e. The van der Waals surface area contributed by atoms with Crippen molar-refractivity contribution in [1.29, 1.82) is 0 Å². The molecule has 0 bridgehead atoms. The molecule has 1 N–H and O–H groups in total. The Labute approximate surface area is 201 Å². The Balaban J connectivity index is 1.69. The smallest absolute Gasteiger partial charge is 0.407 e. The monoisotopic (exact) mass is 538 g/mol. The molecule has 0 fully saturated rings. The third kappa shape index (κ3) is 6.75. The number of nitrogens with one attached hydrogen (secondary N) is 1. The number of pyridine rings is 1. The summed E-state index contributed by atoms with van der Waals surface area (Å²) in [6.07, 6.45) is 1.59. The van der Waals surface area contributed by atoms with Crippen molar-refractivity contribution in [3.05, 3.63) is 97.0 Å². The maximum atomic E-state index is 13.9. The van der Waals surface area contributed by atoms with Crippen LogP contribution in [0.15, 0.2) is 63.0 Å². The lowest BCUT2D eigenvalue weighted by atomic mass is 10.2. The van der Waals surface area contributed by atoms with E-state index in [2.05, 4.69) is 27.8 Å². The van der Waals surface area contributed by atoms with Crippen molar-refractivity contribution in [2.45, 2.75) is 26.2 Å². The molecule has 0 saturated carbocycles. The summed E-state index contributed by atoms with van der Waals surface area (Å²) in [5, 5.41) is 6.63. The standard InChI is InChI=1S/C23H21BrF2N2O4S/c1-2-8-28-18(13-32-23(30)27-7-5-15-6-9-33-14-15)11-20(21(24)22(28)29)31-12-16-3-4-17(25)10-19(16)26/h2-4,6,9-11,14H,1,5,7-8,12-13H2,(H,27,30). The topological polar surface area (TPSA) is 69.6 Å². The molecule has 10 heteroatoms. The fourth-order valence-corrected chi connectivity index (χ4v) is 4.08. The van der Waals surface area contributed by atoms with Crippen molar-refractivity contribution in [2.24, 2.45) is 0 Å². The van der Waals surface area contributed by atoms with E-state index in [1.807, 2.05) is 16.8 Å². The van der Waals surface area contributed by atoms with Gasteiger partial charge in [0.2, 0.25) is 0 Å². The average Bonchev–Trinajstić information content (AvgIpc) is 3.30. The fraction of sp³-hybridized carbons (Fsp3) is 0.217. The first-order chi connectivity index (χ1) is 15.9. The molecule has 33 heavy (non-hydrogen) atoms. The van der Waals surface area contributed by atoms with E-state index in [4.69, 9.17) is 9.47 Å². The van der Waals surface area contributed by atoms with Gasteiger partial charge in [0.1, 0.15) is 35.1 Å².